The van der Waals surface area contributed by atoms with Crippen molar-refractivity contribution in [2.75, 3.05) is 0 Å². The van der Waals surface area contributed by atoms with Gasteiger partial charge in [-0.05, 0) is 30.3 Å². The van der Waals surface area contributed by atoms with Gasteiger partial charge in [0.05, 0.1) is 11.7 Å². The number of rotatable bonds is 3. The number of aromatic nitrogens is 2. The number of halogens is 1. The van der Waals surface area contributed by atoms with E-state index in [0.717, 1.165) is 11.1 Å². The number of fused-ring (bicyclic) bond motifs is 1. The Balaban J connectivity index is 1.75. The lowest BCUT2D eigenvalue weighted by molar-refractivity contribution is 0.0950. The summed E-state index contributed by atoms with van der Waals surface area (Å²) in [6, 6.07) is 11.3. The number of nitrogens with one attached hydrogen (secondary N) is 1. The van der Waals surface area contributed by atoms with Crippen LogP contribution in [-0.4, -0.2) is 15.5 Å². The van der Waals surface area contributed by atoms with Crippen LogP contribution in [0.1, 0.15) is 15.9 Å². The molecule has 3 aromatic rings. The smallest absolute Gasteiger partial charge is 0.251 e. The van der Waals surface area contributed by atoms with Crippen molar-refractivity contribution in [3.05, 3.63) is 71.8 Å². The quantitative estimate of drug-likeness (QED) is 0.793. The molecule has 0 saturated carbocycles. The lowest BCUT2D eigenvalue weighted by Gasteiger charge is -2.04. The van der Waals surface area contributed by atoms with Crippen LogP contribution in [0, 0.1) is 5.82 Å². The molecule has 0 radical (unpaired) electrons. The second-order valence-corrected chi connectivity index (χ2v) is 4.39. The minimum Gasteiger partial charge on any atom is -0.348 e. The fourth-order valence-corrected chi connectivity index (χ4v) is 2.03. The predicted molar refractivity (Wildman–Crippen MR) is 72.8 cm³/mol. The SMILES string of the molecule is O=C(NCc1cnn2ccccc12)c1cccc(F)c1. The van der Waals surface area contributed by atoms with Gasteiger partial charge in [0.1, 0.15) is 5.82 Å². The van der Waals surface area contributed by atoms with E-state index in [0.29, 0.717) is 12.1 Å². The van der Waals surface area contributed by atoms with Gasteiger partial charge in [0.2, 0.25) is 0 Å². The normalized spacial score (nSPS) is 10.7. The minimum absolute atomic E-state index is 0.306. The summed E-state index contributed by atoms with van der Waals surface area (Å²) in [7, 11) is 0. The van der Waals surface area contributed by atoms with Gasteiger partial charge in [-0.3, -0.25) is 4.79 Å². The van der Waals surface area contributed by atoms with Gasteiger partial charge in [-0.15, -0.1) is 0 Å². The van der Waals surface area contributed by atoms with Crippen LogP contribution < -0.4 is 5.32 Å². The molecule has 3 rings (SSSR count). The van der Waals surface area contributed by atoms with Gasteiger partial charge >= 0.3 is 0 Å². The first-order valence-electron chi connectivity index (χ1n) is 6.19. The van der Waals surface area contributed by atoms with Gasteiger partial charge in [-0.1, -0.05) is 12.1 Å². The monoisotopic (exact) mass is 269 g/mol. The van der Waals surface area contributed by atoms with Gasteiger partial charge in [0, 0.05) is 23.9 Å². The number of hydrogen-bond donors (Lipinski definition) is 1. The number of carbonyl (C=O) groups is 1. The molecule has 0 aliphatic heterocycles. The molecule has 100 valence electrons. The van der Waals surface area contributed by atoms with Crippen LogP contribution in [0.25, 0.3) is 5.52 Å². The highest BCUT2D eigenvalue weighted by Gasteiger charge is 2.08. The third kappa shape index (κ3) is 2.38. The van der Waals surface area contributed by atoms with Gasteiger partial charge in [0.25, 0.3) is 5.91 Å². The first-order valence-corrected chi connectivity index (χ1v) is 6.19. The second kappa shape index (κ2) is 5.13. The molecule has 20 heavy (non-hydrogen) atoms. The van der Waals surface area contributed by atoms with E-state index in [1.807, 2.05) is 24.4 Å². The van der Waals surface area contributed by atoms with Crippen molar-refractivity contribution >= 4 is 11.4 Å². The van der Waals surface area contributed by atoms with E-state index >= 15 is 0 Å². The highest BCUT2D eigenvalue weighted by atomic mass is 19.1. The molecule has 2 aromatic heterocycles. The number of carbonyl (C=O) groups excluding carboxylic acids is 1. The Bertz CT molecular complexity index is 766. The van der Waals surface area contributed by atoms with Crippen LogP contribution in [0.3, 0.4) is 0 Å². The summed E-state index contributed by atoms with van der Waals surface area (Å²) in [4.78, 5) is 11.9. The summed E-state index contributed by atoms with van der Waals surface area (Å²) in [5, 5.41) is 6.95. The van der Waals surface area contributed by atoms with Gasteiger partial charge in [-0.25, -0.2) is 8.91 Å². The second-order valence-electron chi connectivity index (χ2n) is 4.39. The average Bonchev–Trinajstić information content (AvgIpc) is 2.88. The summed E-state index contributed by atoms with van der Waals surface area (Å²) in [6.07, 6.45) is 3.55. The largest absolute Gasteiger partial charge is 0.348 e. The average molecular weight is 269 g/mol. The summed E-state index contributed by atoms with van der Waals surface area (Å²) >= 11 is 0. The van der Waals surface area contributed by atoms with Crippen LogP contribution in [0.4, 0.5) is 4.39 Å². The Morgan fingerprint density at radius 2 is 2.15 bits per heavy atom. The Morgan fingerprint density at radius 3 is 3.00 bits per heavy atom. The van der Waals surface area contributed by atoms with Crippen LogP contribution in [-0.2, 0) is 6.54 Å². The van der Waals surface area contributed by atoms with E-state index in [-0.39, 0.29) is 5.91 Å². The van der Waals surface area contributed by atoms with E-state index in [1.165, 1.54) is 18.2 Å². The Morgan fingerprint density at radius 1 is 1.25 bits per heavy atom. The Labute approximate surface area is 114 Å². The van der Waals surface area contributed by atoms with E-state index in [9.17, 15) is 9.18 Å². The van der Waals surface area contributed by atoms with Crippen LogP contribution in [0.2, 0.25) is 0 Å². The van der Waals surface area contributed by atoms with Gasteiger partial charge in [0.15, 0.2) is 0 Å². The standard InChI is InChI=1S/C15H12FN3O/c16-13-5-3-4-11(8-13)15(20)17-9-12-10-18-19-7-2-1-6-14(12)19/h1-8,10H,9H2,(H,17,20). The zero-order valence-corrected chi connectivity index (χ0v) is 10.6. The third-order valence-electron chi connectivity index (χ3n) is 3.03. The van der Waals surface area contributed by atoms with Crippen LogP contribution >= 0.6 is 0 Å². The molecule has 2 heterocycles. The first-order chi connectivity index (χ1) is 9.74. The minimum atomic E-state index is -0.423. The predicted octanol–water partition coefficient (Wildman–Crippen LogP) is 2.40. The molecular weight excluding hydrogens is 257 g/mol. The number of amides is 1. The first kappa shape index (κ1) is 12.3. The number of nitrogens with zero attached hydrogens (tertiary/aromatic N) is 2. The highest BCUT2D eigenvalue weighted by molar-refractivity contribution is 5.94. The fourth-order valence-electron chi connectivity index (χ4n) is 2.03. The molecule has 0 unspecified atom stereocenters. The maximum absolute atomic E-state index is 13.1. The molecule has 0 aliphatic carbocycles. The van der Waals surface area contributed by atoms with E-state index in [2.05, 4.69) is 10.4 Å². The summed E-state index contributed by atoms with van der Waals surface area (Å²) < 4.78 is 14.8. The van der Waals surface area contributed by atoms with Crippen molar-refractivity contribution in [2.45, 2.75) is 6.54 Å². The summed E-state index contributed by atoms with van der Waals surface area (Å²) in [6.45, 7) is 0.350. The fraction of sp³-hybridized carbons (Fsp3) is 0.0667. The molecule has 0 atom stereocenters. The molecule has 5 heteroatoms. The number of hydrogen-bond acceptors (Lipinski definition) is 2. The number of pyridine rings is 1. The maximum Gasteiger partial charge on any atom is 0.251 e. The molecule has 0 spiro atoms. The topological polar surface area (TPSA) is 46.4 Å². The summed E-state index contributed by atoms with van der Waals surface area (Å²) in [5.74, 6) is -0.728. The molecular formula is C15H12FN3O. The molecule has 0 aliphatic rings. The van der Waals surface area contributed by atoms with Crippen molar-refractivity contribution in [1.29, 1.82) is 0 Å². The van der Waals surface area contributed by atoms with Gasteiger partial charge in [-0.2, -0.15) is 5.10 Å². The number of benzene rings is 1. The molecule has 1 amide bonds. The maximum atomic E-state index is 13.1. The molecule has 1 aromatic carbocycles. The molecule has 0 saturated heterocycles. The van der Waals surface area contributed by atoms with Crippen LogP contribution in [0.5, 0.6) is 0 Å². The third-order valence-corrected chi connectivity index (χ3v) is 3.03. The van der Waals surface area contributed by atoms with E-state index in [1.54, 1.807) is 16.8 Å². The van der Waals surface area contributed by atoms with Crippen molar-refractivity contribution in [3.63, 3.8) is 0 Å². The zero-order chi connectivity index (χ0) is 13.9. The Hall–Kier alpha value is -2.69. The van der Waals surface area contributed by atoms with E-state index in [4.69, 9.17) is 0 Å². The van der Waals surface area contributed by atoms with Crippen molar-refractivity contribution in [1.82, 2.24) is 14.9 Å². The molecule has 0 bridgehead atoms. The molecule has 1 N–H and O–H groups in total. The molecule has 4 nitrogen and oxygen atoms in total. The van der Waals surface area contributed by atoms with Crippen LogP contribution in [0.15, 0.2) is 54.9 Å². The van der Waals surface area contributed by atoms with E-state index < -0.39 is 5.82 Å². The Kier molecular flexibility index (Phi) is 3.16. The summed E-state index contributed by atoms with van der Waals surface area (Å²) in [5.41, 5.74) is 2.16. The van der Waals surface area contributed by atoms with Crippen molar-refractivity contribution < 1.29 is 9.18 Å². The lowest BCUT2D eigenvalue weighted by atomic mass is 10.2. The highest BCUT2D eigenvalue weighted by Crippen LogP contribution is 2.10. The lowest BCUT2D eigenvalue weighted by Crippen LogP contribution is -2.22. The zero-order valence-electron chi connectivity index (χ0n) is 10.6. The van der Waals surface area contributed by atoms with Crippen molar-refractivity contribution in [3.8, 4) is 0 Å². The molecule has 0 fully saturated rings. The van der Waals surface area contributed by atoms with Crippen molar-refractivity contribution in [2.24, 2.45) is 0 Å². The van der Waals surface area contributed by atoms with Gasteiger partial charge < -0.3 is 5.32 Å².